The molecule has 1 saturated heterocycles. The molecule has 4 heterocycles. The number of ether oxygens (including phenoxy) is 1. The SMILES string of the molecule is O=C(O[C@H]1C(O)C(n2cnc3c(NCC(c4ccccc4)c4ccccc4)nc(NCCN4CCCCC4)nc32)C[C@@H]1n1cc(CO)cn1)C(F)(F)F. The molecular formula is C37H42F3N9O4. The van der Waals surface area contributed by atoms with Gasteiger partial charge in [-0.1, -0.05) is 67.1 Å². The van der Waals surface area contributed by atoms with E-state index < -0.39 is 36.4 Å². The number of hydrogen-bond donors (Lipinski definition) is 4. The number of aliphatic hydroxyl groups excluding tert-OH is 2. The zero-order valence-electron chi connectivity index (χ0n) is 28.9. The first-order chi connectivity index (χ1) is 25.7. The van der Waals surface area contributed by atoms with Gasteiger partial charge in [0.15, 0.2) is 23.1 Å². The highest BCUT2D eigenvalue weighted by Gasteiger charge is 2.51. The Morgan fingerprint density at radius 3 is 2.30 bits per heavy atom. The molecule has 280 valence electrons. The number of nitrogens with one attached hydrogen (secondary N) is 2. The molecule has 7 rings (SSSR count). The highest BCUT2D eigenvalue weighted by Crippen LogP contribution is 2.42. The lowest BCUT2D eigenvalue weighted by atomic mass is 9.91. The van der Waals surface area contributed by atoms with Crippen LogP contribution in [0.3, 0.4) is 0 Å². The summed E-state index contributed by atoms with van der Waals surface area (Å²) < 4.78 is 48.0. The molecule has 2 aromatic carbocycles. The summed E-state index contributed by atoms with van der Waals surface area (Å²) in [5, 5.41) is 32.2. The summed E-state index contributed by atoms with van der Waals surface area (Å²) in [6, 6.07) is 18.3. The molecule has 0 bridgehead atoms. The fourth-order valence-electron chi connectivity index (χ4n) is 7.35. The number of carbonyl (C=O) groups excluding carboxylic acids is 1. The second-order valence-electron chi connectivity index (χ2n) is 13.5. The minimum atomic E-state index is -5.27. The molecule has 13 nitrogen and oxygen atoms in total. The van der Waals surface area contributed by atoms with Gasteiger partial charge in [-0.05, 0) is 43.5 Å². The average molecular weight is 734 g/mol. The summed E-state index contributed by atoms with van der Waals surface area (Å²) in [4.78, 5) is 28.7. The lowest BCUT2D eigenvalue weighted by molar-refractivity contribution is -0.210. The second kappa shape index (κ2) is 15.9. The van der Waals surface area contributed by atoms with Crippen LogP contribution in [0.1, 0.15) is 60.4 Å². The number of aliphatic hydroxyl groups is 2. The van der Waals surface area contributed by atoms with Crippen molar-refractivity contribution in [1.29, 1.82) is 0 Å². The highest BCUT2D eigenvalue weighted by molar-refractivity contribution is 5.84. The van der Waals surface area contributed by atoms with Crippen molar-refractivity contribution >= 4 is 28.9 Å². The Bertz CT molecular complexity index is 1930. The summed E-state index contributed by atoms with van der Waals surface area (Å²) in [5.41, 5.74) is 3.34. The van der Waals surface area contributed by atoms with E-state index in [1.807, 2.05) is 36.4 Å². The molecule has 1 saturated carbocycles. The zero-order chi connectivity index (χ0) is 37.0. The molecule has 5 aromatic rings. The Hall–Kier alpha value is -5.06. The second-order valence-corrected chi connectivity index (χ2v) is 13.5. The Morgan fingerprint density at radius 1 is 0.962 bits per heavy atom. The molecule has 2 fully saturated rings. The van der Waals surface area contributed by atoms with Gasteiger partial charge in [0.1, 0.15) is 6.10 Å². The van der Waals surface area contributed by atoms with E-state index in [4.69, 9.17) is 14.7 Å². The molecule has 2 aliphatic rings. The van der Waals surface area contributed by atoms with E-state index in [1.165, 1.54) is 29.8 Å². The third-order valence-corrected chi connectivity index (χ3v) is 10.1. The van der Waals surface area contributed by atoms with Gasteiger partial charge in [-0.2, -0.15) is 28.2 Å². The van der Waals surface area contributed by atoms with Gasteiger partial charge < -0.3 is 35.1 Å². The van der Waals surface area contributed by atoms with Crippen molar-refractivity contribution in [1.82, 2.24) is 34.2 Å². The number of anilines is 2. The van der Waals surface area contributed by atoms with Crippen LogP contribution in [0.25, 0.3) is 11.2 Å². The van der Waals surface area contributed by atoms with Gasteiger partial charge in [0.05, 0.1) is 31.2 Å². The maximum atomic E-state index is 13.4. The number of fused-ring (bicyclic) bond motifs is 1. The Morgan fingerprint density at radius 2 is 1.66 bits per heavy atom. The van der Waals surface area contributed by atoms with Crippen molar-refractivity contribution in [3.63, 3.8) is 0 Å². The summed E-state index contributed by atoms with van der Waals surface area (Å²) in [7, 11) is 0. The molecule has 16 heteroatoms. The number of benzene rings is 2. The molecule has 0 spiro atoms. The first-order valence-electron chi connectivity index (χ1n) is 17.8. The van der Waals surface area contributed by atoms with Gasteiger partial charge in [-0.25, -0.2) is 9.78 Å². The molecule has 4 atom stereocenters. The van der Waals surface area contributed by atoms with E-state index in [2.05, 4.69) is 49.9 Å². The van der Waals surface area contributed by atoms with E-state index in [1.54, 1.807) is 4.57 Å². The molecule has 2 unspecified atom stereocenters. The maximum Gasteiger partial charge on any atom is 0.490 e. The molecule has 1 aliphatic heterocycles. The lowest BCUT2D eigenvalue weighted by Gasteiger charge is -2.26. The Balaban J connectivity index is 1.23. The van der Waals surface area contributed by atoms with Crippen LogP contribution in [0.5, 0.6) is 0 Å². The van der Waals surface area contributed by atoms with Crippen LogP contribution in [0, 0.1) is 0 Å². The summed E-state index contributed by atoms with van der Waals surface area (Å²) in [5.74, 6) is -1.70. The molecule has 0 amide bonds. The number of nitrogens with zero attached hydrogens (tertiary/aromatic N) is 7. The Kier molecular flexibility index (Phi) is 10.9. The van der Waals surface area contributed by atoms with Gasteiger partial charge in [-0.15, -0.1) is 0 Å². The van der Waals surface area contributed by atoms with Crippen molar-refractivity contribution in [3.8, 4) is 0 Å². The summed E-state index contributed by atoms with van der Waals surface area (Å²) in [6.45, 7) is 3.52. The van der Waals surface area contributed by atoms with Gasteiger partial charge in [0.25, 0.3) is 0 Å². The van der Waals surface area contributed by atoms with Crippen LogP contribution in [-0.4, -0.2) is 101 Å². The van der Waals surface area contributed by atoms with Gasteiger partial charge in [-0.3, -0.25) is 4.68 Å². The van der Waals surface area contributed by atoms with Gasteiger partial charge in [0, 0.05) is 37.3 Å². The van der Waals surface area contributed by atoms with Crippen LogP contribution >= 0.6 is 0 Å². The topological polar surface area (TPSA) is 155 Å². The number of hydrogen-bond acceptors (Lipinski definition) is 11. The fourth-order valence-corrected chi connectivity index (χ4v) is 7.35. The third-order valence-electron chi connectivity index (χ3n) is 10.1. The van der Waals surface area contributed by atoms with Crippen molar-refractivity contribution in [3.05, 3.63) is 96.1 Å². The number of piperidine rings is 1. The average Bonchev–Trinajstić information content (AvgIpc) is 3.90. The number of alkyl halides is 3. The Labute approximate surface area is 303 Å². The van der Waals surface area contributed by atoms with E-state index in [0.717, 1.165) is 43.6 Å². The largest absolute Gasteiger partial charge is 0.490 e. The van der Waals surface area contributed by atoms with Crippen molar-refractivity contribution < 1.29 is 32.9 Å². The maximum absolute atomic E-state index is 13.4. The smallest absolute Gasteiger partial charge is 0.451 e. The van der Waals surface area contributed by atoms with E-state index in [0.29, 0.717) is 41.6 Å². The van der Waals surface area contributed by atoms with Crippen molar-refractivity contribution in [2.75, 3.05) is 43.4 Å². The minimum absolute atomic E-state index is 0.0174. The number of aromatic nitrogens is 6. The van der Waals surface area contributed by atoms with Crippen molar-refractivity contribution in [2.45, 2.75) is 68.7 Å². The van der Waals surface area contributed by atoms with Crippen LogP contribution < -0.4 is 10.6 Å². The predicted octanol–water partition coefficient (Wildman–Crippen LogP) is 4.68. The molecule has 1 aliphatic carbocycles. The van der Waals surface area contributed by atoms with Crippen LogP contribution in [0.2, 0.25) is 0 Å². The zero-order valence-corrected chi connectivity index (χ0v) is 28.9. The standard InChI is InChI=1S/C37H42F3N9O4/c38-37(39,40)35(52)53-32-29(49-21-24(22-50)19-44-49)18-28(31(32)51)48-23-43-30-33(45-36(46-34(30)48)41-14-17-47-15-8-3-9-16-47)42-20-27(25-10-4-1-5-11-25)26-12-6-2-7-13-26/h1-2,4-7,10-13,19,21,23,27-29,31-32,50-51H,3,8-9,14-18,20,22H2,(H2,41,42,45,46)/t28?,29-,31?,32+/m0/s1. The first kappa shape index (κ1) is 36.3. The van der Waals surface area contributed by atoms with Crippen LogP contribution in [-0.2, 0) is 16.1 Å². The number of carbonyl (C=O) groups is 1. The molecule has 3 aromatic heterocycles. The molecular weight excluding hydrogens is 691 g/mol. The normalized spacial score (nSPS) is 20.9. The molecule has 53 heavy (non-hydrogen) atoms. The van der Waals surface area contributed by atoms with Crippen molar-refractivity contribution in [2.24, 2.45) is 0 Å². The summed E-state index contributed by atoms with van der Waals surface area (Å²) in [6.07, 6.45) is -0.645. The lowest BCUT2D eigenvalue weighted by Crippen LogP contribution is -2.39. The number of halogens is 3. The molecule has 0 radical (unpaired) electrons. The number of esters is 1. The van der Waals surface area contributed by atoms with E-state index in [-0.39, 0.29) is 18.9 Å². The van der Waals surface area contributed by atoms with E-state index >= 15 is 0 Å². The molecule has 4 N–H and O–H groups in total. The monoisotopic (exact) mass is 733 g/mol. The quantitative estimate of drug-likeness (QED) is 0.125. The van der Waals surface area contributed by atoms with Gasteiger partial charge >= 0.3 is 12.1 Å². The minimum Gasteiger partial charge on any atom is -0.451 e. The number of rotatable bonds is 13. The first-order valence-corrected chi connectivity index (χ1v) is 17.8. The van der Waals surface area contributed by atoms with Crippen LogP contribution in [0.15, 0.2) is 79.4 Å². The predicted molar refractivity (Wildman–Crippen MR) is 190 cm³/mol. The van der Waals surface area contributed by atoms with Gasteiger partial charge in [0.2, 0.25) is 5.95 Å². The fraction of sp³-hybridized carbons (Fsp3) is 0.432. The highest BCUT2D eigenvalue weighted by atomic mass is 19.4. The van der Waals surface area contributed by atoms with Crippen LogP contribution in [0.4, 0.5) is 24.9 Å². The summed E-state index contributed by atoms with van der Waals surface area (Å²) >= 11 is 0. The number of imidazole rings is 1. The van der Waals surface area contributed by atoms with E-state index in [9.17, 15) is 28.2 Å². The number of likely N-dealkylation sites (tertiary alicyclic amines) is 1. The third kappa shape index (κ3) is 8.14.